The van der Waals surface area contributed by atoms with Crippen LogP contribution in [-0.4, -0.2) is 51.2 Å². The van der Waals surface area contributed by atoms with Gasteiger partial charge < -0.3 is 19.7 Å². The molecule has 0 unspecified atom stereocenters. The minimum atomic E-state index is -0.0541. The van der Waals surface area contributed by atoms with Gasteiger partial charge in [0.25, 0.3) is 5.91 Å². The van der Waals surface area contributed by atoms with Crippen molar-refractivity contribution in [3.63, 3.8) is 0 Å². The lowest BCUT2D eigenvalue weighted by Gasteiger charge is -2.18. The third-order valence-electron chi connectivity index (χ3n) is 2.62. The van der Waals surface area contributed by atoms with Crippen molar-refractivity contribution in [2.24, 2.45) is 0 Å². The van der Waals surface area contributed by atoms with E-state index < -0.39 is 0 Å². The molecule has 1 N–H and O–H groups in total. The highest BCUT2D eigenvalue weighted by molar-refractivity contribution is 5.77. The first-order valence-corrected chi connectivity index (χ1v) is 6.42. The van der Waals surface area contributed by atoms with Gasteiger partial charge in [-0.3, -0.25) is 4.79 Å². The molecule has 0 saturated carbocycles. The molecule has 5 heteroatoms. The fourth-order valence-corrected chi connectivity index (χ4v) is 1.50. The first-order chi connectivity index (χ1) is 9.19. The Kier molecular flexibility index (Phi) is 6.74. The summed E-state index contributed by atoms with van der Waals surface area (Å²) in [5.41, 5.74) is 0. The van der Waals surface area contributed by atoms with E-state index in [1.807, 2.05) is 32.2 Å². The molecule has 1 amide bonds. The number of hydrogen-bond acceptors (Lipinski definition) is 4. The molecule has 106 valence electrons. The molecule has 1 rings (SSSR count). The molecule has 19 heavy (non-hydrogen) atoms. The van der Waals surface area contributed by atoms with Crippen LogP contribution in [0, 0.1) is 0 Å². The average molecular weight is 266 g/mol. The van der Waals surface area contributed by atoms with Crippen LogP contribution in [0.5, 0.6) is 11.5 Å². The number of hydrogen-bond donors (Lipinski definition) is 1. The second kappa shape index (κ2) is 8.37. The molecule has 0 spiro atoms. The summed E-state index contributed by atoms with van der Waals surface area (Å²) >= 11 is 0. The zero-order valence-electron chi connectivity index (χ0n) is 11.8. The number of carbonyl (C=O) groups excluding carboxylic acids is 1. The van der Waals surface area contributed by atoms with Crippen LogP contribution in [0.1, 0.15) is 6.92 Å². The quantitative estimate of drug-likeness (QED) is 0.766. The van der Waals surface area contributed by atoms with E-state index in [4.69, 9.17) is 9.47 Å². The van der Waals surface area contributed by atoms with E-state index in [2.05, 4.69) is 5.32 Å². The Balaban J connectivity index is 2.49. The van der Waals surface area contributed by atoms with Gasteiger partial charge in [0.15, 0.2) is 18.1 Å². The maximum absolute atomic E-state index is 11.8. The molecule has 1 aromatic rings. The summed E-state index contributed by atoms with van der Waals surface area (Å²) in [5.74, 6) is 1.21. The standard InChI is InChI=1S/C14H22N2O3/c1-4-18-12-7-5-6-8-13(12)19-11-14(17)16(3)10-9-15-2/h5-8,15H,4,9-11H2,1-3H3. The van der Waals surface area contributed by atoms with Crippen molar-refractivity contribution in [3.05, 3.63) is 24.3 Å². The molecular weight excluding hydrogens is 244 g/mol. The zero-order valence-corrected chi connectivity index (χ0v) is 11.8. The number of nitrogens with one attached hydrogen (secondary N) is 1. The Labute approximate surface area is 114 Å². The van der Waals surface area contributed by atoms with Crippen LogP contribution in [0.3, 0.4) is 0 Å². The van der Waals surface area contributed by atoms with E-state index in [1.54, 1.807) is 18.0 Å². The van der Waals surface area contributed by atoms with E-state index in [0.29, 0.717) is 24.7 Å². The summed E-state index contributed by atoms with van der Waals surface area (Å²) in [6.45, 7) is 3.91. The van der Waals surface area contributed by atoms with Crippen molar-refractivity contribution in [2.75, 3.05) is 40.4 Å². The third-order valence-corrected chi connectivity index (χ3v) is 2.62. The molecule has 0 atom stereocenters. The predicted octanol–water partition coefficient (Wildman–Crippen LogP) is 1.14. The van der Waals surface area contributed by atoms with Crippen molar-refractivity contribution in [1.82, 2.24) is 10.2 Å². The summed E-state index contributed by atoms with van der Waals surface area (Å²) in [6, 6.07) is 7.35. The van der Waals surface area contributed by atoms with Crippen LogP contribution in [0.15, 0.2) is 24.3 Å². The van der Waals surface area contributed by atoms with Crippen LogP contribution in [0.4, 0.5) is 0 Å². The van der Waals surface area contributed by atoms with Crippen LogP contribution in [0.2, 0.25) is 0 Å². The fraction of sp³-hybridized carbons (Fsp3) is 0.500. The molecule has 0 saturated heterocycles. The van der Waals surface area contributed by atoms with Crippen LogP contribution >= 0.6 is 0 Å². The summed E-state index contributed by atoms with van der Waals surface area (Å²) in [5, 5.41) is 3.00. The number of para-hydroxylation sites is 2. The molecular formula is C14H22N2O3. The van der Waals surface area contributed by atoms with Crippen LogP contribution in [-0.2, 0) is 4.79 Å². The first kappa shape index (κ1) is 15.3. The lowest BCUT2D eigenvalue weighted by molar-refractivity contribution is -0.132. The number of carbonyl (C=O) groups is 1. The molecule has 0 aliphatic heterocycles. The summed E-state index contributed by atoms with van der Waals surface area (Å²) in [7, 11) is 3.62. The summed E-state index contributed by atoms with van der Waals surface area (Å²) in [4.78, 5) is 13.5. The van der Waals surface area contributed by atoms with Gasteiger partial charge in [-0.05, 0) is 26.1 Å². The van der Waals surface area contributed by atoms with Crippen molar-refractivity contribution >= 4 is 5.91 Å². The zero-order chi connectivity index (χ0) is 14.1. The SMILES string of the molecule is CCOc1ccccc1OCC(=O)N(C)CCNC. The van der Waals surface area contributed by atoms with Gasteiger partial charge >= 0.3 is 0 Å². The van der Waals surface area contributed by atoms with E-state index in [1.165, 1.54) is 0 Å². The maximum Gasteiger partial charge on any atom is 0.260 e. The second-order valence-electron chi connectivity index (χ2n) is 4.09. The molecule has 0 radical (unpaired) electrons. The summed E-state index contributed by atoms with van der Waals surface area (Å²) in [6.07, 6.45) is 0. The van der Waals surface area contributed by atoms with Crippen molar-refractivity contribution in [2.45, 2.75) is 6.92 Å². The minimum absolute atomic E-state index is 0.0182. The number of ether oxygens (including phenoxy) is 2. The topological polar surface area (TPSA) is 50.8 Å². The molecule has 0 fully saturated rings. The third kappa shape index (κ3) is 5.18. The maximum atomic E-state index is 11.8. The van der Waals surface area contributed by atoms with Gasteiger partial charge in [0, 0.05) is 20.1 Å². The highest BCUT2D eigenvalue weighted by Crippen LogP contribution is 2.26. The highest BCUT2D eigenvalue weighted by atomic mass is 16.5. The molecule has 0 heterocycles. The normalized spacial score (nSPS) is 10.1. The Hall–Kier alpha value is -1.75. The number of rotatable bonds is 8. The Morgan fingerprint density at radius 2 is 1.89 bits per heavy atom. The number of nitrogens with zero attached hydrogens (tertiary/aromatic N) is 1. The largest absolute Gasteiger partial charge is 0.490 e. The monoisotopic (exact) mass is 266 g/mol. The van der Waals surface area contributed by atoms with Gasteiger partial charge in [-0.1, -0.05) is 12.1 Å². The van der Waals surface area contributed by atoms with Gasteiger partial charge in [-0.15, -0.1) is 0 Å². The molecule has 0 aromatic heterocycles. The Morgan fingerprint density at radius 3 is 2.47 bits per heavy atom. The van der Waals surface area contributed by atoms with Gasteiger partial charge in [0.2, 0.25) is 0 Å². The lowest BCUT2D eigenvalue weighted by Crippen LogP contribution is -2.35. The molecule has 1 aromatic carbocycles. The highest BCUT2D eigenvalue weighted by Gasteiger charge is 2.10. The van der Waals surface area contributed by atoms with E-state index in [-0.39, 0.29) is 12.5 Å². The van der Waals surface area contributed by atoms with Crippen molar-refractivity contribution in [3.8, 4) is 11.5 Å². The average Bonchev–Trinajstić information content (AvgIpc) is 2.43. The predicted molar refractivity (Wildman–Crippen MR) is 74.7 cm³/mol. The van der Waals surface area contributed by atoms with E-state index >= 15 is 0 Å². The molecule has 0 bridgehead atoms. The lowest BCUT2D eigenvalue weighted by atomic mass is 10.3. The molecule has 0 aliphatic carbocycles. The summed E-state index contributed by atoms with van der Waals surface area (Å²) < 4.78 is 11.0. The molecule has 0 aliphatic rings. The number of amides is 1. The Bertz CT molecular complexity index is 396. The smallest absolute Gasteiger partial charge is 0.260 e. The van der Waals surface area contributed by atoms with E-state index in [0.717, 1.165) is 6.54 Å². The fourth-order valence-electron chi connectivity index (χ4n) is 1.50. The first-order valence-electron chi connectivity index (χ1n) is 6.42. The van der Waals surface area contributed by atoms with E-state index in [9.17, 15) is 4.79 Å². The van der Waals surface area contributed by atoms with Crippen molar-refractivity contribution in [1.29, 1.82) is 0 Å². The van der Waals surface area contributed by atoms with Gasteiger partial charge in [0.1, 0.15) is 0 Å². The van der Waals surface area contributed by atoms with Gasteiger partial charge in [-0.2, -0.15) is 0 Å². The molecule has 5 nitrogen and oxygen atoms in total. The van der Waals surface area contributed by atoms with Gasteiger partial charge in [-0.25, -0.2) is 0 Å². The minimum Gasteiger partial charge on any atom is -0.490 e. The van der Waals surface area contributed by atoms with Crippen LogP contribution < -0.4 is 14.8 Å². The number of likely N-dealkylation sites (N-methyl/N-ethyl adjacent to an activating group) is 2. The number of benzene rings is 1. The van der Waals surface area contributed by atoms with Gasteiger partial charge in [0.05, 0.1) is 6.61 Å². The van der Waals surface area contributed by atoms with Crippen LogP contribution in [0.25, 0.3) is 0 Å². The second-order valence-corrected chi connectivity index (χ2v) is 4.09. The Morgan fingerprint density at radius 1 is 1.26 bits per heavy atom. The van der Waals surface area contributed by atoms with Crippen molar-refractivity contribution < 1.29 is 14.3 Å².